The summed E-state index contributed by atoms with van der Waals surface area (Å²) in [6, 6.07) is 3.90. The molecule has 0 saturated carbocycles. The predicted molar refractivity (Wildman–Crippen MR) is 47.1 cm³/mol. The molecule has 1 aliphatic rings. The van der Waals surface area contributed by atoms with Gasteiger partial charge in [-0.2, -0.15) is 0 Å². The molecule has 2 nitrogen and oxygen atoms in total. The second kappa shape index (κ2) is 2.34. The Morgan fingerprint density at radius 2 is 2.08 bits per heavy atom. The lowest BCUT2D eigenvalue weighted by molar-refractivity contribution is 0.0966. The van der Waals surface area contributed by atoms with Gasteiger partial charge < -0.3 is 5.32 Å². The highest BCUT2D eigenvalue weighted by atomic mass is 16.1. The van der Waals surface area contributed by atoms with Crippen molar-refractivity contribution in [3.05, 3.63) is 34.4 Å². The average molecular weight is 161 g/mol. The lowest BCUT2D eigenvalue weighted by atomic mass is 10.00. The van der Waals surface area contributed by atoms with Crippen molar-refractivity contribution in [2.75, 3.05) is 0 Å². The van der Waals surface area contributed by atoms with E-state index in [4.69, 9.17) is 0 Å². The quantitative estimate of drug-likeness (QED) is 0.614. The second-order valence-electron chi connectivity index (χ2n) is 3.22. The second-order valence-corrected chi connectivity index (χ2v) is 3.22. The van der Waals surface area contributed by atoms with E-state index in [1.54, 1.807) is 0 Å². The van der Waals surface area contributed by atoms with Crippen LogP contribution in [0.1, 0.15) is 27.0 Å². The fraction of sp³-hybridized carbons (Fsp3) is 0.300. The molecule has 1 aliphatic heterocycles. The van der Waals surface area contributed by atoms with E-state index in [9.17, 15) is 4.79 Å². The molecule has 0 atom stereocenters. The fourth-order valence-electron chi connectivity index (χ4n) is 1.58. The van der Waals surface area contributed by atoms with Gasteiger partial charge in [-0.05, 0) is 36.6 Å². The zero-order chi connectivity index (χ0) is 8.72. The topological polar surface area (TPSA) is 29.1 Å². The number of hydrogen-bond acceptors (Lipinski definition) is 1. The number of aryl methyl sites for hydroxylation is 1. The van der Waals surface area contributed by atoms with Crippen molar-refractivity contribution in [3.8, 4) is 0 Å². The first-order valence-electron chi connectivity index (χ1n) is 4.07. The average Bonchev–Trinajstić information content (AvgIpc) is 2.41. The fourth-order valence-corrected chi connectivity index (χ4v) is 1.58. The largest absolute Gasteiger partial charge is 0.348 e. The van der Waals surface area contributed by atoms with E-state index in [0.29, 0.717) is 6.54 Å². The van der Waals surface area contributed by atoms with E-state index in [2.05, 4.69) is 19.2 Å². The maximum Gasteiger partial charge on any atom is 0.251 e. The minimum atomic E-state index is 0.0631. The number of hydrogen-bond donors (Lipinski definition) is 1. The number of carbonyl (C=O) groups excluding carboxylic acids is 1. The molecule has 0 saturated heterocycles. The Balaban J connectivity index is 2.68. The molecule has 1 N–H and O–H groups in total. The van der Waals surface area contributed by atoms with Gasteiger partial charge in [0.1, 0.15) is 0 Å². The number of nitrogens with one attached hydrogen (secondary N) is 1. The third-order valence-corrected chi connectivity index (χ3v) is 2.54. The summed E-state index contributed by atoms with van der Waals surface area (Å²) in [4.78, 5) is 11.2. The van der Waals surface area contributed by atoms with Crippen LogP contribution >= 0.6 is 0 Å². The SMILES string of the molecule is Cc1ccc2c(c1C)CNC2=O. The lowest BCUT2D eigenvalue weighted by Gasteiger charge is -2.03. The Bertz CT molecular complexity index is 355. The molecule has 0 spiro atoms. The van der Waals surface area contributed by atoms with Crippen LogP contribution in [0, 0.1) is 13.8 Å². The Hall–Kier alpha value is -1.31. The third-order valence-electron chi connectivity index (χ3n) is 2.54. The van der Waals surface area contributed by atoms with Crippen LogP contribution in [0.4, 0.5) is 0 Å². The smallest absolute Gasteiger partial charge is 0.251 e. The van der Waals surface area contributed by atoms with Gasteiger partial charge in [0.2, 0.25) is 0 Å². The van der Waals surface area contributed by atoms with E-state index >= 15 is 0 Å². The van der Waals surface area contributed by atoms with Gasteiger partial charge in [0.25, 0.3) is 5.91 Å². The molecule has 2 rings (SSSR count). The highest BCUT2D eigenvalue weighted by Gasteiger charge is 2.20. The molecule has 1 aromatic carbocycles. The summed E-state index contributed by atoms with van der Waals surface area (Å²) >= 11 is 0. The molecule has 1 aromatic rings. The molecule has 1 amide bonds. The molecular formula is C10H11NO. The molecule has 1 heterocycles. The van der Waals surface area contributed by atoms with Gasteiger partial charge >= 0.3 is 0 Å². The number of amides is 1. The van der Waals surface area contributed by atoms with Crippen molar-refractivity contribution >= 4 is 5.91 Å². The summed E-state index contributed by atoms with van der Waals surface area (Å²) in [5.74, 6) is 0.0631. The zero-order valence-corrected chi connectivity index (χ0v) is 7.27. The molecule has 0 radical (unpaired) electrons. The van der Waals surface area contributed by atoms with E-state index < -0.39 is 0 Å². The van der Waals surface area contributed by atoms with Gasteiger partial charge in [-0.3, -0.25) is 4.79 Å². The molecule has 2 heteroatoms. The third kappa shape index (κ3) is 0.843. The van der Waals surface area contributed by atoms with Crippen molar-refractivity contribution in [2.24, 2.45) is 0 Å². The Morgan fingerprint density at radius 1 is 1.33 bits per heavy atom. The minimum absolute atomic E-state index is 0.0631. The minimum Gasteiger partial charge on any atom is -0.348 e. The molecule has 0 aliphatic carbocycles. The van der Waals surface area contributed by atoms with Gasteiger partial charge in [-0.25, -0.2) is 0 Å². The maximum atomic E-state index is 11.2. The van der Waals surface area contributed by atoms with Crippen LogP contribution in [0.5, 0.6) is 0 Å². The number of rotatable bonds is 0. The Morgan fingerprint density at radius 3 is 2.83 bits per heavy atom. The van der Waals surface area contributed by atoms with Gasteiger partial charge in [-0.1, -0.05) is 6.07 Å². The number of benzene rings is 1. The van der Waals surface area contributed by atoms with E-state index in [1.807, 2.05) is 12.1 Å². The van der Waals surface area contributed by atoms with Crippen LogP contribution in [0.15, 0.2) is 12.1 Å². The molecule has 0 fully saturated rings. The summed E-state index contributed by atoms with van der Waals surface area (Å²) in [5.41, 5.74) is 4.51. The first-order chi connectivity index (χ1) is 5.70. The lowest BCUT2D eigenvalue weighted by Crippen LogP contribution is -2.12. The summed E-state index contributed by atoms with van der Waals surface area (Å²) in [6.07, 6.45) is 0. The van der Waals surface area contributed by atoms with E-state index in [-0.39, 0.29) is 5.91 Å². The van der Waals surface area contributed by atoms with Crippen LogP contribution in [-0.2, 0) is 6.54 Å². The first kappa shape index (κ1) is 7.35. The van der Waals surface area contributed by atoms with Crippen molar-refractivity contribution in [1.82, 2.24) is 5.32 Å². The Labute approximate surface area is 71.6 Å². The zero-order valence-electron chi connectivity index (χ0n) is 7.27. The van der Waals surface area contributed by atoms with E-state index in [1.165, 1.54) is 16.7 Å². The van der Waals surface area contributed by atoms with Gasteiger partial charge in [0.15, 0.2) is 0 Å². The summed E-state index contributed by atoms with van der Waals surface area (Å²) < 4.78 is 0. The molecular weight excluding hydrogens is 150 g/mol. The van der Waals surface area contributed by atoms with E-state index in [0.717, 1.165) is 5.56 Å². The summed E-state index contributed by atoms with van der Waals surface area (Å²) in [5, 5.41) is 2.81. The van der Waals surface area contributed by atoms with Crippen LogP contribution in [0.2, 0.25) is 0 Å². The highest BCUT2D eigenvalue weighted by Crippen LogP contribution is 2.21. The van der Waals surface area contributed by atoms with Gasteiger partial charge in [0.05, 0.1) is 0 Å². The monoisotopic (exact) mass is 161 g/mol. The van der Waals surface area contributed by atoms with Gasteiger partial charge in [-0.15, -0.1) is 0 Å². The number of fused-ring (bicyclic) bond motifs is 1. The Kier molecular flexibility index (Phi) is 1.43. The molecule has 62 valence electrons. The normalized spacial score (nSPS) is 14.3. The van der Waals surface area contributed by atoms with Crippen LogP contribution in [0.25, 0.3) is 0 Å². The van der Waals surface area contributed by atoms with Crippen molar-refractivity contribution in [1.29, 1.82) is 0 Å². The molecule has 0 unspecified atom stereocenters. The van der Waals surface area contributed by atoms with Crippen LogP contribution < -0.4 is 5.32 Å². The maximum absolute atomic E-state index is 11.2. The summed E-state index contributed by atoms with van der Waals surface area (Å²) in [7, 11) is 0. The first-order valence-corrected chi connectivity index (χ1v) is 4.07. The standard InChI is InChI=1S/C10H11NO/c1-6-3-4-8-9(7(6)2)5-11-10(8)12/h3-4H,5H2,1-2H3,(H,11,12). The number of carbonyl (C=O) groups is 1. The molecule has 0 bridgehead atoms. The molecule has 12 heavy (non-hydrogen) atoms. The molecule has 0 aromatic heterocycles. The van der Waals surface area contributed by atoms with Crippen molar-refractivity contribution < 1.29 is 4.79 Å². The highest BCUT2D eigenvalue weighted by molar-refractivity contribution is 5.98. The van der Waals surface area contributed by atoms with Crippen LogP contribution in [-0.4, -0.2) is 5.91 Å². The summed E-state index contributed by atoms with van der Waals surface area (Å²) in [6.45, 7) is 4.83. The predicted octanol–water partition coefficient (Wildman–Crippen LogP) is 1.55. The van der Waals surface area contributed by atoms with Crippen molar-refractivity contribution in [2.45, 2.75) is 20.4 Å². The van der Waals surface area contributed by atoms with Gasteiger partial charge in [0, 0.05) is 12.1 Å². The van der Waals surface area contributed by atoms with Crippen molar-refractivity contribution in [3.63, 3.8) is 0 Å². The van der Waals surface area contributed by atoms with Crippen LogP contribution in [0.3, 0.4) is 0 Å².